The first kappa shape index (κ1) is 15.6. The van der Waals surface area contributed by atoms with E-state index in [9.17, 15) is 13.6 Å². The summed E-state index contributed by atoms with van der Waals surface area (Å²) in [5, 5.41) is 3.24. The molecule has 0 aliphatic carbocycles. The maximum atomic E-state index is 13.3. The molecule has 0 fully saturated rings. The van der Waals surface area contributed by atoms with E-state index in [-0.39, 0.29) is 18.5 Å². The Morgan fingerprint density at radius 2 is 1.91 bits per heavy atom. The molecular weight excluding hydrogens is 298 g/mol. The molecule has 2 aromatic carbocycles. The fourth-order valence-corrected chi connectivity index (χ4v) is 2.88. The maximum Gasteiger partial charge on any atom is 0.240 e. The molecule has 1 aliphatic rings. The van der Waals surface area contributed by atoms with E-state index in [1.54, 1.807) is 7.05 Å². The van der Waals surface area contributed by atoms with Crippen LogP contribution in [0.3, 0.4) is 0 Å². The van der Waals surface area contributed by atoms with Crippen molar-refractivity contribution in [2.24, 2.45) is 0 Å². The third-order valence-corrected chi connectivity index (χ3v) is 4.16. The van der Waals surface area contributed by atoms with Gasteiger partial charge >= 0.3 is 0 Å². The minimum absolute atomic E-state index is 0.0516. The Bertz CT molecular complexity index is 733. The molecule has 1 amide bonds. The summed E-state index contributed by atoms with van der Waals surface area (Å²) in [6, 6.07) is 11.4. The fourth-order valence-electron chi connectivity index (χ4n) is 2.88. The van der Waals surface area contributed by atoms with Crippen molar-refractivity contribution < 1.29 is 13.6 Å². The van der Waals surface area contributed by atoms with E-state index in [0.29, 0.717) is 18.5 Å². The summed E-state index contributed by atoms with van der Waals surface area (Å²) < 4.78 is 26.2. The molecule has 0 saturated carbocycles. The van der Waals surface area contributed by atoms with Crippen molar-refractivity contribution in [1.29, 1.82) is 0 Å². The Hall–Kier alpha value is -2.27. The summed E-state index contributed by atoms with van der Waals surface area (Å²) in [6.45, 7) is 0.904. The molecule has 3 rings (SSSR count). The van der Waals surface area contributed by atoms with Crippen molar-refractivity contribution in [3.8, 4) is 0 Å². The Labute approximate surface area is 133 Å². The van der Waals surface area contributed by atoms with Crippen LogP contribution in [0.1, 0.15) is 16.7 Å². The number of halogens is 2. The molecule has 3 nitrogen and oxygen atoms in total. The lowest BCUT2D eigenvalue weighted by atomic mass is 9.95. The fraction of sp³-hybridized carbons (Fsp3) is 0.278. The minimum Gasteiger partial charge on any atom is -0.340 e. The SMILES string of the molecule is CN(Cc1ccc(F)c(F)c1)C(=O)C1Cc2ccccc2CN1. The molecule has 5 heteroatoms. The summed E-state index contributed by atoms with van der Waals surface area (Å²) in [4.78, 5) is 14.1. The van der Waals surface area contributed by atoms with Gasteiger partial charge in [-0.3, -0.25) is 4.79 Å². The van der Waals surface area contributed by atoms with E-state index in [1.165, 1.54) is 22.1 Å². The minimum atomic E-state index is -0.895. The van der Waals surface area contributed by atoms with Crippen LogP contribution in [0, 0.1) is 11.6 Å². The van der Waals surface area contributed by atoms with Gasteiger partial charge < -0.3 is 10.2 Å². The number of nitrogens with zero attached hydrogens (tertiary/aromatic N) is 1. The lowest BCUT2D eigenvalue weighted by Crippen LogP contribution is -2.48. The lowest BCUT2D eigenvalue weighted by molar-refractivity contribution is -0.132. The van der Waals surface area contributed by atoms with Crippen LogP contribution in [0.15, 0.2) is 42.5 Å². The van der Waals surface area contributed by atoms with E-state index >= 15 is 0 Å². The Kier molecular flexibility index (Phi) is 4.39. The van der Waals surface area contributed by atoms with Crippen molar-refractivity contribution in [3.05, 3.63) is 70.8 Å². The van der Waals surface area contributed by atoms with Crippen molar-refractivity contribution in [1.82, 2.24) is 10.2 Å². The van der Waals surface area contributed by atoms with Crippen LogP contribution in [0.25, 0.3) is 0 Å². The molecule has 1 heterocycles. The molecule has 23 heavy (non-hydrogen) atoms. The molecule has 1 aliphatic heterocycles. The highest BCUT2D eigenvalue weighted by atomic mass is 19.2. The Morgan fingerprint density at radius 3 is 2.65 bits per heavy atom. The largest absolute Gasteiger partial charge is 0.340 e. The van der Waals surface area contributed by atoms with Crippen LogP contribution in [-0.2, 0) is 24.3 Å². The monoisotopic (exact) mass is 316 g/mol. The number of hydrogen-bond acceptors (Lipinski definition) is 2. The predicted molar refractivity (Wildman–Crippen MR) is 83.6 cm³/mol. The summed E-state index contributed by atoms with van der Waals surface area (Å²) in [6.07, 6.45) is 0.636. The van der Waals surface area contributed by atoms with Gasteiger partial charge in [-0.15, -0.1) is 0 Å². The van der Waals surface area contributed by atoms with Gasteiger partial charge in [0, 0.05) is 20.1 Å². The topological polar surface area (TPSA) is 32.3 Å². The number of carbonyl (C=O) groups excluding carboxylic acids is 1. The summed E-state index contributed by atoms with van der Waals surface area (Å²) >= 11 is 0. The van der Waals surface area contributed by atoms with E-state index in [4.69, 9.17) is 0 Å². The number of likely N-dealkylation sites (N-methyl/N-ethyl adjacent to an activating group) is 1. The highest BCUT2D eigenvalue weighted by Crippen LogP contribution is 2.18. The summed E-state index contributed by atoms with van der Waals surface area (Å²) in [5.74, 6) is -1.83. The normalized spacial score (nSPS) is 16.7. The van der Waals surface area contributed by atoms with Crippen LogP contribution in [-0.4, -0.2) is 23.9 Å². The second-order valence-electron chi connectivity index (χ2n) is 5.85. The van der Waals surface area contributed by atoms with Crippen molar-refractivity contribution >= 4 is 5.91 Å². The second kappa shape index (κ2) is 6.46. The lowest BCUT2D eigenvalue weighted by Gasteiger charge is -2.29. The number of hydrogen-bond donors (Lipinski definition) is 1. The van der Waals surface area contributed by atoms with Gasteiger partial charge in [-0.25, -0.2) is 8.78 Å². The van der Waals surface area contributed by atoms with Gasteiger partial charge in [0.25, 0.3) is 0 Å². The molecule has 0 saturated heterocycles. The van der Waals surface area contributed by atoms with Gasteiger partial charge in [-0.05, 0) is 35.2 Å². The molecule has 0 bridgehead atoms. The first-order chi connectivity index (χ1) is 11.0. The highest BCUT2D eigenvalue weighted by Gasteiger charge is 2.26. The van der Waals surface area contributed by atoms with Crippen molar-refractivity contribution in [2.75, 3.05) is 7.05 Å². The molecular formula is C18H18F2N2O. The first-order valence-corrected chi connectivity index (χ1v) is 7.53. The second-order valence-corrected chi connectivity index (χ2v) is 5.85. The summed E-state index contributed by atoms with van der Waals surface area (Å²) in [7, 11) is 1.67. The quantitative estimate of drug-likeness (QED) is 0.944. The number of amides is 1. The van der Waals surface area contributed by atoms with Crippen LogP contribution >= 0.6 is 0 Å². The third-order valence-electron chi connectivity index (χ3n) is 4.16. The first-order valence-electron chi connectivity index (χ1n) is 7.53. The number of rotatable bonds is 3. The zero-order valence-corrected chi connectivity index (χ0v) is 12.9. The molecule has 2 aromatic rings. The average Bonchev–Trinajstić information content (AvgIpc) is 2.57. The number of nitrogens with one attached hydrogen (secondary N) is 1. The van der Waals surface area contributed by atoms with E-state index in [1.807, 2.05) is 24.3 Å². The van der Waals surface area contributed by atoms with Gasteiger partial charge in [-0.2, -0.15) is 0 Å². The van der Waals surface area contributed by atoms with Gasteiger partial charge in [0.05, 0.1) is 6.04 Å². The Morgan fingerprint density at radius 1 is 1.17 bits per heavy atom. The molecule has 1 N–H and O–H groups in total. The van der Waals surface area contributed by atoms with Crippen LogP contribution in [0.2, 0.25) is 0 Å². The van der Waals surface area contributed by atoms with E-state index < -0.39 is 11.6 Å². The average molecular weight is 316 g/mol. The zero-order chi connectivity index (χ0) is 16.4. The van der Waals surface area contributed by atoms with Gasteiger partial charge in [0.2, 0.25) is 5.91 Å². The Balaban J connectivity index is 1.67. The molecule has 0 radical (unpaired) electrons. The van der Waals surface area contributed by atoms with E-state index in [2.05, 4.69) is 5.32 Å². The highest BCUT2D eigenvalue weighted by molar-refractivity contribution is 5.82. The van der Waals surface area contributed by atoms with Crippen LogP contribution < -0.4 is 5.32 Å². The zero-order valence-electron chi connectivity index (χ0n) is 12.9. The third kappa shape index (κ3) is 3.40. The number of fused-ring (bicyclic) bond motifs is 1. The summed E-state index contributed by atoms with van der Waals surface area (Å²) in [5.41, 5.74) is 2.95. The molecule has 0 spiro atoms. The van der Waals surface area contributed by atoms with Crippen LogP contribution in [0.5, 0.6) is 0 Å². The predicted octanol–water partition coefficient (Wildman–Crippen LogP) is 2.64. The maximum absolute atomic E-state index is 13.3. The van der Waals surface area contributed by atoms with Gasteiger partial charge in [0.15, 0.2) is 11.6 Å². The molecule has 1 unspecified atom stereocenters. The van der Waals surface area contributed by atoms with Gasteiger partial charge in [0.1, 0.15) is 0 Å². The van der Waals surface area contributed by atoms with Crippen LogP contribution in [0.4, 0.5) is 8.78 Å². The number of carbonyl (C=O) groups is 1. The molecule has 1 atom stereocenters. The molecule has 0 aromatic heterocycles. The van der Waals surface area contributed by atoms with Crippen molar-refractivity contribution in [2.45, 2.75) is 25.6 Å². The van der Waals surface area contributed by atoms with Crippen molar-refractivity contribution in [3.63, 3.8) is 0 Å². The molecule has 120 valence electrons. The van der Waals surface area contributed by atoms with Gasteiger partial charge in [-0.1, -0.05) is 30.3 Å². The standard InChI is InChI=1S/C18H18F2N2O/c1-22(11-12-6-7-15(19)16(20)8-12)18(23)17-9-13-4-2-3-5-14(13)10-21-17/h2-8,17,21H,9-11H2,1H3. The van der Waals surface area contributed by atoms with E-state index in [0.717, 1.165) is 12.1 Å². The number of benzene rings is 2. The smallest absolute Gasteiger partial charge is 0.240 e.